The lowest BCUT2D eigenvalue weighted by Crippen LogP contribution is -2.15. The minimum atomic E-state index is -4.11. The Hall–Kier alpha value is -2.03. The van der Waals surface area contributed by atoms with Gasteiger partial charge < -0.3 is 14.8 Å². The van der Waals surface area contributed by atoms with E-state index in [1.807, 2.05) is 0 Å². The lowest BCUT2D eigenvalue weighted by molar-refractivity contribution is 0.0697. The van der Waals surface area contributed by atoms with Gasteiger partial charge in [-0.1, -0.05) is 11.6 Å². The molecule has 0 fully saturated rings. The van der Waals surface area contributed by atoms with Crippen molar-refractivity contribution < 1.29 is 22.7 Å². The van der Waals surface area contributed by atoms with Crippen LogP contribution in [0.4, 0.5) is 5.69 Å². The number of nitrogens with two attached hydrogens (primary N) is 1. The summed E-state index contributed by atoms with van der Waals surface area (Å²) in [5.74, 6) is -0.725. The number of rotatable bonds is 5. The number of carboxylic acid groups (broad SMARTS) is 1. The van der Waals surface area contributed by atoms with Crippen LogP contribution in [0.15, 0.2) is 39.8 Å². The molecule has 1 aromatic heterocycles. The number of sulfonamides is 1. The van der Waals surface area contributed by atoms with Crippen LogP contribution in [0.1, 0.15) is 16.1 Å². The number of furan rings is 1. The van der Waals surface area contributed by atoms with Gasteiger partial charge >= 0.3 is 5.97 Å². The summed E-state index contributed by atoms with van der Waals surface area (Å²) in [6.45, 7) is 0.221. The Balaban J connectivity index is 2.41. The monoisotopic (exact) mass is 336 g/mol. The third-order valence-corrected chi connectivity index (χ3v) is 4.02. The normalized spacial score (nSPS) is 11.3. The van der Waals surface area contributed by atoms with Crippen LogP contribution in [0.2, 0.25) is 5.02 Å². The van der Waals surface area contributed by atoms with Gasteiger partial charge in [0.15, 0.2) is 0 Å². The van der Waals surface area contributed by atoms with Crippen molar-refractivity contribution >= 4 is 33.3 Å². The van der Waals surface area contributed by atoms with E-state index in [-0.39, 0.29) is 22.8 Å². The van der Waals surface area contributed by atoms with E-state index >= 15 is 0 Å². The van der Waals surface area contributed by atoms with Crippen molar-refractivity contribution in [3.63, 3.8) is 0 Å². The fraction of sp³-hybridized carbons (Fsp3) is 0.0833. The van der Waals surface area contributed by atoms with Crippen LogP contribution in [-0.4, -0.2) is 19.5 Å². The van der Waals surface area contributed by atoms with Crippen LogP contribution in [0.5, 0.6) is 0 Å². The van der Waals surface area contributed by atoms with Crippen LogP contribution in [0.3, 0.4) is 0 Å². The molecule has 0 spiro atoms. The standard InChI is InChI=1S/C12H11ClN2O5S/c13-9-5-10(15-6-7-2-1-3-20-7)8(12(16)17)4-11(9)21(14,18)19/h1-5,15H,6H2,(H,16,17)(H2,14,18,19)/i4+1,5+1,8+1,9+1,10+1,11+1. The number of carboxylic acids is 1. The van der Waals surface area contributed by atoms with E-state index in [1.54, 1.807) is 12.1 Å². The second-order valence-electron chi connectivity index (χ2n) is 4.11. The van der Waals surface area contributed by atoms with Crippen LogP contribution in [-0.2, 0) is 16.6 Å². The second-order valence-corrected chi connectivity index (χ2v) is 6.05. The maximum absolute atomic E-state index is 11.3. The molecule has 9 heteroatoms. The molecule has 21 heavy (non-hydrogen) atoms. The van der Waals surface area contributed by atoms with Gasteiger partial charge in [-0.05, 0) is 24.3 Å². The lowest BCUT2D eigenvalue weighted by atomic mass is 10.4. The van der Waals surface area contributed by atoms with Gasteiger partial charge in [0, 0.05) is 0 Å². The molecular weight excluding hydrogens is 326 g/mol. The number of hydrogen-bond donors (Lipinski definition) is 3. The van der Waals surface area contributed by atoms with Gasteiger partial charge in [-0.3, -0.25) is 0 Å². The number of nitrogens with one attached hydrogen (secondary N) is 1. The predicted octanol–water partition coefficient (Wildman–Crippen LogP) is 1.89. The molecule has 2 aromatic rings. The summed E-state index contributed by atoms with van der Waals surface area (Å²) in [6, 6.07) is 5.51. The fourth-order valence-electron chi connectivity index (χ4n) is 1.69. The van der Waals surface area contributed by atoms with Crippen molar-refractivity contribution in [2.24, 2.45) is 5.14 Å². The predicted molar refractivity (Wildman–Crippen MR) is 75.8 cm³/mol. The second kappa shape index (κ2) is 5.76. The maximum atomic E-state index is 11.3. The summed E-state index contributed by atoms with van der Waals surface area (Å²) in [5, 5.41) is 16.8. The molecule has 0 aliphatic rings. The zero-order valence-corrected chi connectivity index (χ0v) is 12.1. The van der Waals surface area contributed by atoms with Gasteiger partial charge in [-0.2, -0.15) is 0 Å². The van der Waals surface area contributed by atoms with Crippen molar-refractivity contribution in [1.29, 1.82) is 0 Å². The Bertz CT molecular complexity index is 771. The molecule has 0 unspecified atom stereocenters. The highest BCUT2D eigenvalue weighted by Crippen LogP contribution is 2.28. The van der Waals surface area contributed by atoms with E-state index < -0.39 is 20.9 Å². The molecule has 1 aromatic carbocycles. The van der Waals surface area contributed by atoms with Crippen LogP contribution >= 0.6 is 11.6 Å². The van der Waals surface area contributed by atoms with E-state index in [0.717, 1.165) is 6.07 Å². The Kier molecular flexibility index (Phi) is 4.21. The van der Waals surface area contributed by atoms with Gasteiger partial charge in [0.05, 0.1) is 29.1 Å². The number of aromatic carboxylic acids is 1. The SMILES string of the molecule is NS(=O)(=O)[13c]1[13cH][13c](C(=O)O)[13c](NCc2ccco2)[13cH][13c]1Cl. The first kappa shape index (κ1) is 15.4. The summed E-state index contributed by atoms with van der Waals surface area (Å²) in [4.78, 5) is 10.8. The van der Waals surface area contributed by atoms with Crippen molar-refractivity contribution in [3.8, 4) is 0 Å². The minimum absolute atomic E-state index is 0.163. The molecule has 7 nitrogen and oxygen atoms in total. The zero-order chi connectivity index (χ0) is 15.6. The average Bonchev–Trinajstić information content (AvgIpc) is 2.87. The first-order chi connectivity index (χ1) is 9.79. The van der Waals surface area contributed by atoms with Crippen LogP contribution < -0.4 is 10.5 Å². The van der Waals surface area contributed by atoms with Crippen LogP contribution in [0, 0.1) is 0 Å². The molecule has 1 heterocycles. The van der Waals surface area contributed by atoms with Crippen molar-refractivity contribution in [1.82, 2.24) is 0 Å². The quantitative estimate of drug-likeness (QED) is 0.766. The van der Waals surface area contributed by atoms with Crippen molar-refractivity contribution in [2.75, 3.05) is 5.32 Å². The van der Waals surface area contributed by atoms with E-state index in [1.165, 1.54) is 12.3 Å². The Morgan fingerprint density at radius 2 is 2.14 bits per heavy atom. The minimum Gasteiger partial charge on any atom is -0.478 e. The molecular formula is C12H11ClN2O5S. The highest BCUT2D eigenvalue weighted by atomic mass is 35.5. The lowest BCUT2D eigenvalue weighted by Gasteiger charge is -2.11. The van der Waals surface area contributed by atoms with E-state index in [0.29, 0.717) is 5.76 Å². The molecule has 0 aliphatic heterocycles. The fourth-order valence-corrected chi connectivity index (χ4v) is 2.79. The van der Waals surface area contributed by atoms with Gasteiger partial charge in [-0.15, -0.1) is 0 Å². The average molecular weight is 337 g/mol. The summed E-state index contributed by atoms with van der Waals surface area (Å²) < 4.78 is 27.8. The summed E-state index contributed by atoms with van der Waals surface area (Å²) in [5.41, 5.74) is -0.0914. The first-order valence-electron chi connectivity index (χ1n) is 5.65. The number of primary sulfonamides is 1. The Morgan fingerprint density at radius 3 is 2.67 bits per heavy atom. The molecule has 112 valence electrons. The summed E-state index contributed by atoms with van der Waals surface area (Å²) >= 11 is 5.84. The highest BCUT2D eigenvalue weighted by Gasteiger charge is 2.20. The van der Waals surface area contributed by atoms with Gasteiger partial charge in [0.25, 0.3) is 0 Å². The van der Waals surface area contributed by atoms with E-state index in [4.69, 9.17) is 26.3 Å². The molecule has 4 N–H and O–H groups in total. The molecule has 0 radical (unpaired) electrons. The third kappa shape index (κ3) is 3.54. The molecule has 0 atom stereocenters. The zero-order valence-electron chi connectivity index (χ0n) is 10.5. The molecule has 0 amide bonds. The number of halogens is 1. The van der Waals surface area contributed by atoms with Gasteiger partial charge in [0.1, 0.15) is 10.7 Å². The van der Waals surface area contributed by atoms with Crippen LogP contribution in [0.25, 0.3) is 0 Å². The Labute approximate surface area is 125 Å². The maximum Gasteiger partial charge on any atom is 0.337 e. The van der Waals surface area contributed by atoms with Crippen molar-refractivity contribution in [2.45, 2.75) is 11.4 Å². The number of hydrogen-bond acceptors (Lipinski definition) is 5. The van der Waals surface area contributed by atoms with Gasteiger partial charge in [-0.25, -0.2) is 18.4 Å². The first-order valence-corrected chi connectivity index (χ1v) is 7.57. The summed E-state index contributed by atoms with van der Waals surface area (Å²) in [6.07, 6.45) is 1.48. The summed E-state index contributed by atoms with van der Waals surface area (Å²) in [7, 11) is -4.11. The topological polar surface area (TPSA) is 123 Å². The smallest absolute Gasteiger partial charge is 0.337 e. The molecule has 2 rings (SSSR count). The largest absolute Gasteiger partial charge is 0.478 e. The van der Waals surface area contributed by atoms with E-state index in [9.17, 15) is 13.2 Å². The number of carbonyl (C=O) groups is 1. The molecule has 0 bridgehead atoms. The van der Waals surface area contributed by atoms with Crippen molar-refractivity contribution in [3.05, 3.63) is 46.9 Å². The number of anilines is 1. The third-order valence-electron chi connectivity index (χ3n) is 2.64. The molecule has 0 saturated heterocycles. The number of benzene rings is 1. The molecule has 0 aliphatic carbocycles. The van der Waals surface area contributed by atoms with Gasteiger partial charge in [0.2, 0.25) is 10.0 Å². The highest BCUT2D eigenvalue weighted by molar-refractivity contribution is 7.89. The Morgan fingerprint density at radius 1 is 1.43 bits per heavy atom. The van der Waals surface area contributed by atoms with E-state index in [2.05, 4.69) is 5.32 Å². The molecule has 0 saturated carbocycles.